The summed E-state index contributed by atoms with van der Waals surface area (Å²) < 4.78 is 5.39. The number of carbonyl (C=O) groups excluding carboxylic acids is 3. The van der Waals surface area contributed by atoms with E-state index in [0.29, 0.717) is 16.8 Å². The number of phenols is 2. The molecule has 2 atom stereocenters. The van der Waals surface area contributed by atoms with Gasteiger partial charge in [0.25, 0.3) is 5.91 Å². The molecule has 10 heteroatoms. The van der Waals surface area contributed by atoms with Crippen LogP contribution in [0.25, 0.3) is 0 Å². The van der Waals surface area contributed by atoms with Crippen LogP contribution in [0.4, 0.5) is 10.5 Å². The lowest BCUT2D eigenvalue weighted by molar-refractivity contribution is -0.140. The van der Waals surface area contributed by atoms with Crippen molar-refractivity contribution in [2.75, 3.05) is 11.9 Å². The first-order valence-electron chi connectivity index (χ1n) is 13.4. The molecule has 0 aliphatic rings. The first-order valence-corrected chi connectivity index (χ1v) is 13.4. The number of para-hydroxylation sites is 1. The quantitative estimate of drug-likeness (QED) is 0.267. The van der Waals surface area contributed by atoms with Gasteiger partial charge in [-0.25, -0.2) is 4.79 Å². The van der Waals surface area contributed by atoms with Gasteiger partial charge in [0, 0.05) is 12.1 Å². The SMILES string of the molecule is Cc1cccc(C)c1NC(=O)C(c1ccc(O)cc1)N(CC#N)C(=O)C(Cc1ccc(O)cc1)NC(=O)OC(C)(C)C. The fourth-order valence-electron chi connectivity index (χ4n) is 4.42. The summed E-state index contributed by atoms with van der Waals surface area (Å²) in [7, 11) is 0. The highest BCUT2D eigenvalue weighted by Gasteiger charge is 2.37. The second-order valence-corrected chi connectivity index (χ2v) is 10.9. The van der Waals surface area contributed by atoms with Gasteiger partial charge in [-0.15, -0.1) is 0 Å². The number of nitrogens with zero attached hydrogens (tertiary/aromatic N) is 2. The van der Waals surface area contributed by atoms with Crippen molar-refractivity contribution in [2.24, 2.45) is 0 Å². The molecule has 0 fully saturated rings. The van der Waals surface area contributed by atoms with E-state index in [1.165, 1.54) is 36.4 Å². The third-order valence-electron chi connectivity index (χ3n) is 6.39. The summed E-state index contributed by atoms with van der Waals surface area (Å²) >= 11 is 0. The number of carbonyl (C=O) groups is 3. The molecule has 42 heavy (non-hydrogen) atoms. The predicted molar refractivity (Wildman–Crippen MR) is 158 cm³/mol. The van der Waals surface area contributed by atoms with Crippen LogP contribution in [0.2, 0.25) is 0 Å². The summed E-state index contributed by atoms with van der Waals surface area (Å²) in [6, 6.07) is 16.9. The standard InChI is InChI=1S/C32H36N4O6/c1-20-7-6-8-21(2)27(20)35-29(39)28(23-11-15-25(38)16-12-23)36(18-17-33)30(40)26(34-31(41)42-32(3,4)5)19-22-9-13-24(37)14-10-22/h6-16,26,28,37-38H,18-19H2,1-5H3,(H,34,41)(H,35,39). The van der Waals surface area contributed by atoms with Gasteiger partial charge in [0.2, 0.25) is 5.91 Å². The molecule has 0 saturated carbocycles. The van der Waals surface area contributed by atoms with Crippen molar-refractivity contribution >= 4 is 23.6 Å². The molecular formula is C32H36N4O6. The Morgan fingerprint density at radius 2 is 1.48 bits per heavy atom. The van der Waals surface area contributed by atoms with Crippen LogP contribution < -0.4 is 10.6 Å². The molecule has 0 spiro atoms. The van der Waals surface area contributed by atoms with Crippen molar-refractivity contribution < 1.29 is 29.3 Å². The van der Waals surface area contributed by atoms with Crippen LogP contribution in [0.1, 0.15) is 49.1 Å². The minimum absolute atomic E-state index is 0.0128. The Hall–Kier alpha value is -5.04. The Morgan fingerprint density at radius 3 is 2.00 bits per heavy atom. The van der Waals surface area contributed by atoms with E-state index in [2.05, 4.69) is 10.6 Å². The summed E-state index contributed by atoms with van der Waals surface area (Å²) in [4.78, 5) is 42.0. The van der Waals surface area contributed by atoms with E-state index in [1.807, 2.05) is 38.1 Å². The van der Waals surface area contributed by atoms with E-state index >= 15 is 0 Å². The number of nitriles is 1. The minimum Gasteiger partial charge on any atom is -0.508 e. The summed E-state index contributed by atoms with van der Waals surface area (Å²) in [5.41, 5.74) is 2.30. The van der Waals surface area contributed by atoms with Gasteiger partial charge in [0.1, 0.15) is 35.7 Å². The van der Waals surface area contributed by atoms with E-state index in [1.54, 1.807) is 32.9 Å². The Morgan fingerprint density at radius 1 is 0.929 bits per heavy atom. The van der Waals surface area contributed by atoms with E-state index in [0.717, 1.165) is 16.0 Å². The zero-order valence-corrected chi connectivity index (χ0v) is 24.3. The van der Waals surface area contributed by atoms with Gasteiger partial charge in [-0.05, 0) is 81.1 Å². The van der Waals surface area contributed by atoms with Gasteiger partial charge in [-0.2, -0.15) is 5.26 Å². The molecule has 3 rings (SSSR count). The zero-order chi connectivity index (χ0) is 31.0. The number of aryl methyl sites for hydroxylation is 2. The predicted octanol–water partition coefficient (Wildman–Crippen LogP) is 4.88. The Labute approximate surface area is 245 Å². The van der Waals surface area contributed by atoms with Crippen molar-refractivity contribution in [3.05, 3.63) is 89.0 Å². The molecule has 0 heterocycles. The molecule has 4 N–H and O–H groups in total. The number of aromatic hydroxyl groups is 2. The van der Waals surface area contributed by atoms with Crippen molar-refractivity contribution in [1.29, 1.82) is 5.26 Å². The number of ether oxygens (including phenoxy) is 1. The van der Waals surface area contributed by atoms with E-state index in [-0.39, 0.29) is 17.9 Å². The summed E-state index contributed by atoms with van der Waals surface area (Å²) in [6.45, 7) is 8.26. The monoisotopic (exact) mass is 572 g/mol. The topological polar surface area (TPSA) is 152 Å². The number of rotatable bonds is 9. The van der Waals surface area contributed by atoms with E-state index in [9.17, 15) is 29.9 Å². The van der Waals surface area contributed by atoms with Crippen LogP contribution >= 0.6 is 0 Å². The second kappa shape index (κ2) is 13.5. The van der Waals surface area contributed by atoms with Gasteiger partial charge < -0.3 is 30.5 Å². The average molecular weight is 573 g/mol. The summed E-state index contributed by atoms with van der Waals surface area (Å²) in [6.07, 6.45) is -0.862. The van der Waals surface area contributed by atoms with E-state index in [4.69, 9.17) is 4.74 Å². The first-order chi connectivity index (χ1) is 19.8. The van der Waals surface area contributed by atoms with E-state index < -0.39 is 42.1 Å². The fraction of sp³-hybridized carbons (Fsp3) is 0.312. The van der Waals surface area contributed by atoms with Crippen LogP contribution in [0.3, 0.4) is 0 Å². The number of benzene rings is 3. The smallest absolute Gasteiger partial charge is 0.408 e. The highest BCUT2D eigenvalue weighted by molar-refractivity contribution is 6.00. The molecule has 0 aliphatic heterocycles. The van der Waals surface area contributed by atoms with Crippen LogP contribution in [-0.4, -0.2) is 51.2 Å². The minimum atomic E-state index is -1.29. The largest absolute Gasteiger partial charge is 0.508 e. The van der Waals surface area contributed by atoms with Gasteiger partial charge >= 0.3 is 6.09 Å². The number of amides is 3. The van der Waals surface area contributed by atoms with Gasteiger partial charge in [0.05, 0.1) is 6.07 Å². The Balaban J connectivity index is 2.07. The van der Waals surface area contributed by atoms with Crippen molar-refractivity contribution in [3.63, 3.8) is 0 Å². The summed E-state index contributed by atoms with van der Waals surface area (Å²) in [5, 5.41) is 34.9. The molecule has 2 unspecified atom stereocenters. The van der Waals surface area contributed by atoms with Gasteiger partial charge in [-0.1, -0.05) is 42.5 Å². The number of anilines is 1. The van der Waals surface area contributed by atoms with Crippen molar-refractivity contribution in [3.8, 4) is 17.6 Å². The van der Waals surface area contributed by atoms with Crippen molar-refractivity contribution in [1.82, 2.24) is 10.2 Å². The summed E-state index contributed by atoms with van der Waals surface area (Å²) in [5.74, 6) is -1.29. The van der Waals surface area contributed by atoms with Crippen LogP contribution in [0.5, 0.6) is 11.5 Å². The van der Waals surface area contributed by atoms with Crippen LogP contribution in [0.15, 0.2) is 66.7 Å². The molecule has 10 nitrogen and oxygen atoms in total. The first kappa shape index (κ1) is 31.5. The lowest BCUT2D eigenvalue weighted by Crippen LogP contribution is -2.53. The molecule has 0 aliphatic carbocycles. The second-order valence-electron chi connectivity index (χ2n) is 10.9. The van der Waals surface area contributed by atoms with Gasteiger partial charge in [0.15, 0.2) is 0 Å². The molecule has 3 amide bonds. The maximum absolute atomic E-state index is 14.2. The molecule has 0 aromatic heterocycles. The third kappa shape index (κ3) is 8.48. The van der Waals surface area contributed by atoms with Crippen molar-refractivity contribution in [2.45, 2.75) is 58.7 Å². The molecule has 220 valence electrons. The highest BCUT2D eigenvalue weighted by Crippen LogP contribution is 2.28. The van der Waals surface area contributed by atoms with Gasteiger partial charge in [-0.3, -0.25) is 9.59 Å². The number of nitrogens with one attached hydrogen (secondary N) is 2. The molecular weight excluding hydrogens is 536 g/mol. The normalized spacial score (nSPS) is 12.4. The highest BCUT2D eigenvalue weighted by atomic mass is 16.6. The molecule has 0 radical (unpaired) electrons. The maximum atomic E-state index is 14.2. The number of alkyl carbamates (subject to hydrolysis) is 1. The molecule has 3 aromatic rings. The molecule has 0 bridgehead atoms. The maximum Gasteiger partial charge on any atom is 0.408 e. The Bertz CT molecular complexity index is 1440. The zero-order valence-electron chi connectivity index (χ0n) is 24.3. The lowest BCUT2D eigenvalue weighted by Gasteiger charge is -2.33. The number of hydrogen-bond donors (Lipinski definition) is 4. The Kier molecular flexibility index (Phi) is 10.2. The third-order valence-corrected chi connectivity index (χ3v) is 6.39. The number of hydrogen-bond acceptors (Lipinski definition) is 7. The molecule has 0 saturated heterocycles. The molecule has 3 aromatic carbocycles. The van der Waals surface area contributed by atoms with Crippen LogP contribution in [0, 0.1) is 25.2 Å². The number of phenolic OH excluding ortho intramolecular Hbond substituents is 2. The average Bonchev–Trinajstić information content (AvgIpc) is 2.91. The van der Waals surface area contributed by atoms with Crippen LogP contribution in [-0.2, 0) is 20.7 Å². The lowest BCUT2D eigenvalue weighted by atomic mass is 9.99. The fourth-order valence-corrected chi connectivity index (χ4v) is 4.42.